The van der Waals surface area contributed by atoms with Gasteiger partial charge in [0.2, 0.25) is 5.78 Å². The van der Waals surface area contributed by atoms with Crippen LogP contribution in [0.4, 0.5) is 0 Å². The van der Waals surface area contributed by atoms with Crippen LogP contribution in [-0.2, 0) is 0 Å². The van der Waals surface area contributed by atoms with E-state index in [4.69, 9.17) is 4.52 Å². The van der Waals surface area contributed by atoms with Gasteiger partial charge in [-0.2, -0.15) is 0 Å². The van der Waals surface area contributed by atoms with Gasteiger partial charge in [-0.1, -0.05) is 53.7 Å². The number of hydrogen-bond donors (Lipinski definition) is 2. The van der Waals surface area contributed by atoms with E-state index >= 15 is 0 Å². The second-order valence-corrected chi connectivity index (χ2v) is 9.40. The predicted octanol–water partition coefficient (Wildman–Crippen LogP) is 5.56. The summed E-state index contributed by atoms with van der Waals surface area (Å²) in [6, 6.07) is 22.5. The lowest BCUT2D eigenvalue weighted by Gasteiger charge is -2.17. The number of aromatic carboxylic acids is 1. The zero-order valence-corrected chi connectivity index (χ0v) is 21.2. The number of carboxylic acids is 1. The number of carbonyl (C=O) groups is 3. The van der Waals surface area contributed by atoms with E-state index in [-0.39, 0.29) is 22.9 Å². The van der Waals surface area contributed by atoms with Crippen LogP contribution >= 0.6 is 0 Å². The van der Waals surface area contributed by atoms with E-state index in [0.717, 1.165) is 16.3 Å². The molecule has 0 unspecified atom stereocenters. The topological polar surface area (TPSA) is 127 Å². The Bertz CT molecular complexity index is 1910. The smallest absolute Gasteiger partial charge is 0.335 e. The Morgan fingerprint density at radius 1 is 0.875 bits per heavy atom. The Hall–Kier alpha value is -5.57. The van der Waals surface area contributed by atoms with Gasteiger partial charge < -0.3 is 14.9 Å². The Morgan fingerprint density at radius 2 is 1.62 bits per heavy atom. The van der Waals surface area contributed by atoms with Crippen LogP contribution in [0.2, 0.25) is 0 Å². The van der Waals surface area contributed by atoms with Gasteiger partial charge in [0.1, 0.15) is 12.0 Å². The Labute approximate surface area is 227 Å². The number of imidazole rings is 1. The van der Waals surface area contributed by atoms with Crippen molar-refractivity contribution in [3.8, 4) is 11.1 Å². The minimum absolute atomic E-state index is 0.103. The molecule has 1 atom stereocenters. The van der Waals surface area contributed by atoms with Gasteiger partial charge in [-0.25, -0.2) is 9.78 Å². The van der Waals surface area contributed by atoms with Crippen molar-refractivity contribution in [2.45, 2.75) is 13.0 Å². The van der Waals surface area contributed by atoms with E-state index in [9.17, 15) is 19.5 Å². The van der Waals surface area contributed by atoms with Crippen LogP contribution in [-0.4, -0.2) is 37.3 Å². The number of aromatic nitrogens is 3. The molecule has 9 nitrogen and oxygen atoms in total. The quantitative estimate of drug-likeness (QED) is 0.259. The Morgan fingerprint density at radius 3 is 2.35 bits per heavy atom. The van der Waals surface area contributed by atoms with Crippen LogP contribution in [0.1, 0.15) is 55.6 Å². The lowest BCUT2D eigenvalue weighted by atomic mass is 10.0. The fourth-order valence-corrected chi connectivity index (χ4v) is 4.70. The van der Waals surface area contributed by atoms with Gasteiger partial charge >= 0.3 is 5.97 Å². The summed E-state index contributed by atoms with van der Waals surface area (Å²) in [7, 11) is 0. The lowest BCUT2D eigenvalue weighted by Crippen LogP contribution is -2.29. The van der Waals surface area contributed by atoms with Crippen molar-refractivity contribution < 1.29 is 24.0 Å². The van der Waals surface area contributed by atoms with Crippen LogP contribution in [0, 0.1) is 0 Å². The number of nitrogens with one attached hydrogen (secondary N) is 1. The number of rotatable bonds is 7. The van der Waals surface area contributed by atoms with E-state index in [1.807, 2.05) is 42.5 Å². The SMILES string of the molecule is C[C@H](NC(=O)c1cc(-c2cnoc2)cc2cnc(C(=O)c3ccc4ccccc4c3)n12)c1ccc(C(=O)O)cc1. The van der Waals surface area contributed by atoms with Crippen LogP contribution < -0.4 is 5.32 Å². The minimum atomic E-state index is -1.03. The predicted molar refractivity (Wildman–Crippen MR) is 147 cm³/mol. The van der Waals surface area contributed by atoms with Crippen molar-refractivity contribution in [3.63, 3.8) is 0 Å². The van der Waals surface area contributed by atoms with Crippen LogP contribution in [0.5, 0.6) is 0 Å². The standard InChI is InChI=1S/C31H22N4O5/c1-18(19-6-9-21(10-7-19)31(38)39)34-30(37)27-14-24(25-15-33-40-17-25)13-26-16-32-29(35(26)27)28(36)23-11-8-20-4-2-3-5-22(20)12-23/h2-18H,1H3,(H,34,37)(H,38,39)/t18-/m0/s1. The molecule has 1 amide bonds. The lowest BCUT2D eigenvalue weighted by molar-refractivity contribution is 0.0696. The summed E-state index contributed by atoms with van der Waals surface area (Å²) < 4.78 is 6.54. The van der Waals surface area contributed by atoms with Gasteiger partial charge in [0.25, 0.3) is 5.91 Å². The highest BCUT2D eigenvalue weighted by atomic mass is 16.5. The Balaban J connectivity index is 1.41. The van der Waals surface area contributed by atoms with Gasteiger partial charge in [0.15, 0.2) is 5.82 Å². The molecule has 0 aliphatic heterocycles. The number of nitrogens with zero attached hydrogens (tertiary/aromatic N) is 3. The van der Waals surface area contributed by atoms with Gasteiger partial charge in [-0.05, 0) is 59.2 Å². The fraction of sp³-hybridized carbons (Fsp3) is 0.0645. The molecule has 0 saturated heterocycles. The highest BCUT2D eigenvalue weighted by Crippen LogP contribution is 2.26. The first-order chi connectivity index (χ1) is 19.4. The van der Waals surface area contributed by atoms with Crippen molar-refractivity contribution in [1.29, 1.82) is 0 Å². The molecule has 0 bridgehead atoms. The highest BCUT2D eigenvalue weighted by Gasteiger charge is 2.23. The summed E-state index contributed by atoms with van der Waals surface area (Å²) in [6.07, 6.45) is 4.56. The minimum Gasteiger partial charge on any atom is -0.478 e. The van der Waals surface area contributed by atoms with E-state index in [0.29, 0.717) is 22.2 Å². The molecule has 0 fully saturated rings. The van der Waals surface area contributed by atoms with Crippen LogP contribution in [0.3, 0.4) is 0 Å². The van der Waals surface area contributed by atoms with Gasteiger partial charge in [-0.3, -0.25) is 14.0 Å². The number of carbonyl (C=O) groups excluding carboxylic acids is 2. The monoisotopic (exact) mass is 530 g/mol. The molecule has 40 heavy (non-hydrogen) atoms. The second kappa shape index (κ2) is 9.95. The van der Waals surface area contributed by atoms with Gasteiger partial charge in [0, 0.05) is 11.1 Å². The highest BCUT2D eigenvalue weighted by molar-refractivity contribution is 6.10. The normalized spacial score (nSPS) is 11.9. The van der Waals surface area contributed by atoms with Gasteiger partial charge in [-0.15, -0.1) is 0 Å². The maximum Gasteiger partial charge on any atom is 0.335 e. The average Bonchev–Trinajstić information content (AvgIpc) is 3.67. The fourth-order valence-electron chi connectivity index (χ4n) is 4.70. The van der Waals surface area contributed by atoms with Crippen molar-refractivity contribution in [2.75, 3.05) is 0 Å². The van der Waals surface area contributed by atoms with E-state index < -0.39 is 17.9 Å². The molecular formula is C31H22N4O5. The summed E-state index contributed by atoms with van der Waals surface area (Å²) in [5.74, 6) is -1.69. The molecule has 9 heteroatoms. The molecular weight excluding hydrogens is 508 g/mol. The number of fused-ring (bicyclic) bond motifs is 2. The molecule has 196 valence electrons. The summed E-state index contributed by atoms with van der Waals surface area (Å²) >= 11 is 0. The average molecular weight is 531 g/mol. The summed E-state index contributed by atoms with van der Waals surface area (Å²) in [5.41, 5.74) is 3.41. The largest absolute Gasteiger partial charge is 0.478 e. The molecule has 0 radical (unpaired) electrons. The zero-order chi connectivity index (χ0) is 27.8. The summed E-state index contributed by atoms with van der Waals surface area (Å²) in [5, 5.41) is 17.8. The molecule has 3 aromatic carbocycles. The maximum atomic E-state index is 13.7. The van der Waals surface area contributed by atoms with Crippen molar-refractivity contribution in [1.82, 2.24) is 19.9 Å². The first-order valence-corrected chi connectivity index (χ1v) is 12.5. The zero-order valence-electron chi connectivity index (χ0n) is 21.2. The molecule has 2 N–H and O–H groups in total. The molecule has 3 heterocycles. The van der Waals surface area contributed by atoms with Crippen LogP contribution in [0.15, 0.2) is 102 Å². The number of hydrogen-bond acceptors (Lipinski definition) is 6. The van der Waals surface area contributed by atoms with Crippen molar-refractivity contribution >= 4 is 33.9 Å². The number of amides is 1. The van der Waals surface area contributed by atoms with Crippen LogP contribution in [0.25, 0.3) is 27.4 Å². The van der Waals surface area contributed by atoms with Crippen molar-refractivity contribution in [3.05, 3.63) is 126 Å². The molecule has 6 rings (SSSR count). The third kappa shape index (κ3) is 4.49. The van der Waals surface area contributed by atoms with Crippen molar-refractivity contribution in [2.24, 2.45) is 0 Å². The second-order valence-electron chi connectivity index (χ2n) is 9.40. The van der Waals surface area contributed by atoms with E-state index in [1.165, 1.54) is 24.6 Å². The molecule has 0 aliphatic rings. The molecule has 0 aliphatic carbocycles. The first-order valence-electron chi connectivity index (χ1n) is 12.5. The number of ketones is 1. The summed E-state index contributed by atoms with van der Waals surface area (Å²) in [4.78, 5) is 43.0. The number of pyridine rings is 1. The number of benzene rings is 3. The molecule has 6 aromatic rings. The first kappa shape index (κ1) is 24.7. The third-order valence-corrected chi connectivity index (χ3v) is 6.84. The molecule has 3 aromatic heterocycles. The number of carboxylic acid groups (broad SMARTS) is 1. The maximum absolute atomic E-state index is 13.7. The molecule has 0 spiro atoms. The van der Waals surface area contributed by atoms with Gasteiger partial charge in [0.05, 0.1) is 29.5 Å². The Kier molecular flexibility index (Phi) is 6.16. The van der Waals surface area contributed by atoms with E-state index in [1.54, 1.807) is 41.8 Å². The summed E-state index contributed by atoms with van der Waals surface area (Å²) in [6.45, 7) is 1.80. The molecule has 0 saturated carbocycles. The van der Waals surface area contributed by atoms with E-state index in [2.05, 4.69) is 15.5 Å². The third-order valence-electron chi connectivity index (χ3n) is 6.84.